The second-order valence-electron chi connectivity index (χ2n) is 8.21. The molecule has 2 bridgehead atoms. The number of anilines is 1. The minimum Gasteiger partial charge on any atom is -0.334 e. The minimum atomic E-state index is -0.389. The Bertz CT molecular complexity index is 1140. The Hall–Kier alpha value is -3.46. The van der Waals surface area contributed by atoms with Crippen LogP contribution in [0.1, 0.15) is 22.5 Å². The molecule has 0 unspecified atom stereocenters. The number of piperazine rings is 1. The molecular weight excluding hydrogens is 399 g/mol. The van der Waals surface area contributed by atoms with Gasteiger partial charge in [-0.3, -0.25) is 14.8 Å². The quantitative estimate of drug-likeness (QED) is 0.602. The second kappa shape index (κ2) is 7.66. The molecule has 2 atom stereocenters. The number of carbonyl (C=O) groups excluding carboxylic acids is 2. The fraction of sp³-hybridized carbons (Fsp3) is 0.318. The van der Waals surface area contributed by atoms with Crippen molar-refractivity contribution in [3.05, 3.63) is 59.5 Å². The molecule has 2 fully saturated rings. The predicted octanol–water partition coefficient (Wildman–Crippen LogP) is 2.55. The predicted molar refractivity (Wildman–Crippen MR) is 114 cm³/mol. The Labute approximate surface area is 178 Å². The van der Waals surface area contributed by atoms with Crippen molar-refractivity contribution < 1.29 is 14.0 Å². The third-order valence-corrected chi connectivity index (χ3v) is 6.16. The molecule has 2 aliphatic rings. The largest absolute Gasteiger partial charge is 0.334 e. The summed E-state index contributed by atoms with van der Waals surface area (Å²) in [5, 5.41) is 13.4. The standard InChI is InChI=1S/C22H23FN6O2/c1-28-11-17-9-16(28)12-29(17)21(30)20-18-8-15(6-7-19(18)26-27-20)25-22(31)24-10-13-2-4-14(23)5-3-13/h2-8,16-17H,9-12H2,1H3,(H,26,27)(H2,24,25,31)/t16-,17-/m0/s1. The highest BCUT2D eigenvalue weighted by Crippen LogP contribution is 2.31. The summed E-state index contributed by atoms with van der Waals surface area (Å²) >= 11 is 0. The maximum Gasteiger partial charge on any atom is 0.319 e. The summed E-state index contributed by atoms with van der Waals surface area (Å²) in [5.41, 5.74) is 2.46. The minimum absolute atomic E-state index is 0.0789. The smallest absolute Gasteiger partial charge is 0.319 e. The van der Waals surface area contributed by atoms with Gasteiger partial charge in [-0.2, -0.15) is 5.10 Å². The molecule has 3 heterocycles. The van der Waals surface area contributed by atoms with Gasteiger partial charge in [0.15, 0.2) is 5.69 Å². The number of halogens is 1. The van der Waals surface area contributed by atoms with Gasteiger partial charge in [-0.05, 0) is 49.4 Å². The van der Waals surface area contributed by atoms with Gasteiger partial charge in [-0.25, -0.2) is 9.18 Å². The molecule has 0 aliphatic carbocycles. The van der Waals surface area contributed by atoms with Gasteiger partial charge in [0.25, 0.3) is 5.91 Å². The fourth-order valence-electron chi connectivity index (χ4n) is 4.47. The van der Waals surface area contributed by atoms with E-state index in [0.717, 1.165) is 30.6 Å². The summed E-state index contributed by atoms with van der Waals surface area (Å²) in [6.45, 7) is 1.88. The lowest BCUT2D eigenvalue weighted by Gasteiger charge is -2.31. The number of aromatic amines is 1. The zero-order valence-corrected chi connectivity index (χ0v) is 17.1. The van der Waals surface area contributed by atoms with Crippen molar-refractivity contribution in [2.75, 3.05) is 25.5 Å². The van der Waals surface area contributed by atoms with Gasteiger partial charge in [0.2, 0.25) is 0 Å². The summed E-state index contributed by atoms with van der Waals surface area (Å²) in [5.74, 6) is -0.398. The molecule has 0 saturated carbocycles. The fourth-order valence-corrected chi connectivity index (χ4v) is 4.47. The lowest BCUT2D eigenvalue weighted by atomic mass is 10.1. The van der Waals surface area contributed by atoms with Crippen LogP contribution in [0.25, 0.3) is 10.9 Å². The molecular formula is C22H23FN6O2. The number of likely N-dealkylation sites (tertiary alicyclic amines) is 2. The van der Waals surface area contributed by atoms with Crippen molar-refractivity contribution in [1.29, 1.82) is 0 Å². The Kier molecular flexibility index (Phi) is 4.82. The number of hydrogen-bond acceptors (Lipinski definition) is 4. The van der Waals surface area contributed by atoms with Crippen molar-refractivity contribution in [2.45, 2.75) is 25.0 Å². The molecule has 2 saturated heterocycles. The summed E-state index contributed by atoms with van der Waals surface area (Å²) in [6.07, 6.45) is 1.01. The van der Waals surface area contributed by atoms with Crippen LogP contribution in [0.15, 0.2) is 42.5 Å². The average molecular weight is 422 g/mol. The zero-order chi connectivity index (χ0) is 21.5. The number of hydrogen-bond donors (Lipinski definition) is 3. The lowest BCUT2D eigenvalue weighted by Crippen LogP contribution is -2.47. The van der Waals surface area contributed by atoms with Crippen LogP contribution < -0.4 is 10.6 Å². The van der Waals surface area contributed by atoms with Crippen LogP contribution in [0.5, 0.6) is 0 Å². The van der Waals surface area contributed by atoms with Gasteiger partial charge in [0.05, 0.1) is 5.52 Å². The molecule has 1 aromatic heterocycles. The number of rotatable bonds is 4. The number of benzene rings is 2. The Morgan fingerprint density at radius 1 is 1.16 bits per heavy atom. The van der Waals surface area contributed by atoms with E-state index in [0.29, 0.717) is 22.8 Å². The van der Waals surface area contributed by atoms with Crippen molar-refractivity contribution >= 4 is 28.5 Å². The van der Waals surface area contributed by atoms with E-state index in [1.54, 1.807) is 30.3 Å². The van der Waals surface area contributed by atoms with Gasteiger partial charge in [0.1, 0.15) is 5.82 Å². The molecule has 0 radical (unpaired) electrons. The zero-order valence-electron chi connectivity index (χ0n) is 17.1. The summed E-state index contributed by atoms with van der Waals surface area (Å²) in [4.78, 5) is 29.6. The highest BCUT2D eigenvalue weighted by atomic mass is 19.1. The van der Waals surface area contributed by atoms with Crippen molar-refractivity contribution in [1.82, 2.24) is 25.3 Å². The van der Waals surface area contributed by atoms with E-state index in [2.05, 4.69) is 32.8 Å². The van der Waals surface area contributed by atoms with E-state index in [1.165, 1.54) is 12.1 Å². The molecule has 9 heteroatoms. The number of nitrogens with zero attached hydrogens (tertiary/aromatic N) is 3. The molecule has 8 nitrogen and oxygen atoms in total. The van der Waals surface area contributed by atoms with Crippen LogP contribution >= 0.6 is 0 Å². The van der Waals surface area contributed by atoms with Crippen molar-refractivity contribution in [3.63, 3.8) is 0 Å². The first-order valence-corrected chi connectivity index (χ1v) is 10.3. The van der Waals surface area contributed by atoms with Gasteiger partial charge in [0, 0.05) is 42.8 Å². The second-order valence-corrected chi connectivity index (χ2v) is 8.21. The van der Waals surface area contributed by atoms with Crippen LogP contribution in [0.4, 0.5) is 14.9 Å². The van der Waals surface area contributed by atoms with Gasteiger partial charge < -0.3 is 15.5 Å². The number of amides is 3. The number of H-pyrrole nitrogens is 1. The maximum atomic E-state index is 13.1. The number of urea groups is 1. The van der Waals surface area contributed by atoms with Gasteiger partial charge in [-0.15, -0.1) is 0 Å². The normalized spacial score (nSPS) is 20.4. The Morgan fingerprint density at radius 2 is 1.97 bits per heavy atom. The van der Waals surface area contributed by atoms with E-state index in [4.69, 9.17) is 0 Å². The first kappa shape index (κ1) is 19.5. The van der Waals surface area contributed by atoms with E-state index >= 15 is 0 Å². The number of nitrogens with one attached hydrogen (secondary N) is 3. The highest BCUT2D eigenvalue weighted by Gasteiger charge is 2.44. The van der Waals surface area contributed by atoms with Crippen LogP contribution in [0.2, 0.25) is 0 Å². The summed E-state index contributed by atoms with van der Waals surface area (Å²) in [6, 6.07) is 11.5. The molecule has 5 rings (SSSR count). The number of carbonyl (C=O) groups is 2. The van der Waals surface area contributed by atoms with E-state index in [-0.39, 0.29) is 30.3 Å². The molecule has 3 N–H and O–H groups in total. The Balaban J connectivity index is 1.28. The molecule has 3 aromatic rings. The van der Waals surface area contributed by atoms with Gasteiger partial charge in [-0.1, -0.05) is 12.1 Å². The van der Waals surface area contributed by atoms with E-state index in [1.807, 2.05) is 4.90 Å². The molecule has 31 heavy (non-hydrogen) atoms. The molecule has 0 spiro atoms. The third kappa shape index (κ3) is 3.72. The molecule has 2 aromatic carbocycles. The molecule has 160 valence electrons. The van der Waals surface area contributed by atoms with Crippen molar-refractivity contribution in [2.24, 2.45) is 0 Å². The first-order chi connectivity index (χ1) is 15.0. The Morgan fingerprint density at radius 3 is 2.68 bits per heavy atom. The van der Waals surface area contributed by atoms with E-state index < -0.39 is 0 Å². The first-order valence-electron chi connectivity index (χ1n) is 10.3. The average Bonchev–Trinajstić information content (AvgIpc) is 3.46. The maximum absolute atomic E-state index is 13.1. The monoisotopic (exact) mass is 422 g/mol. The van der Waals surface area contributed by atoms with Gasteiger partial charge >= 0.3 is 6.03 Å². The van der Waals surface area contributed by atoms with Crippen LogP contribution in [-0.4, -0.2) is 64.2 Å². The molecule has 2 aliphatic heterocycles. The van der Waals surface area contributed by atoms with Crippen LogP contribution in [0, 0.1) is 5.82 Å². The highest BCUT2D eigenvalue weighted by molar-refractivity contribution is 6.06. The van der Waals surface area contributed by atoms with Crippen LogP contribution in [0.3, 0.4) is 0 Å². The topological polar surface area (TPSA) is 93.4 Å². The number of aromatic nitrogens is 2. The number of fused-ring (bicyclic) bond motifs is 3. The summed E-state index contributed by atoms with van der Waals surface area (Å²) in [7, 11) is 2.09. The number of likely N-dealkylation sites (N-methyl/N-ethyl adjacent to an activating group) is 1. The lowest BCUT2D eigenvalue weighted by molar-refractivity contribution is 0.0646. The SMILES string of the molecule is CN1C[C@@H]2C[C@H]1CN2C(=O)c1n[nH]c2ccc(NC(=O)NCc3ccc(F)cc3)cc12. The van der Waals surface area contributed by atoms with Crippen molar-refractivity contribution in [3.8, 4) is 0 Å². The van der Waals surface area contributed by atoms with E-state index in [9.17, 15) is 14.0 Å². The van der Waals surface area contributed by atoms with Crippen LogP contribution in [-0.2, 0) is 6.54 Å². The summed E-state index contributed by atoms with van der Waals surface area (Å²) < 4.78 is 13.0. The third-order valence-electron chi connectivity index (χ3n) is 6.16. The molecule has 3 amide bonds.